The maximum atomic E-state index is 12.5. The minimum absolute atomic E-state index is 0.193. The summed E-state index contributed by atoms with van der Waals surface area (Å²) in [6.45, 7) is 9.05. The van der Waals surface area contributed by atoms with Crippen molar-refractivity contribution < 1.29 is 19.1 Å². The lowest BCUT2D eigenvalue weighted by atomic mass is 10.2. The van der Waals surface area contributed by atoms with Crippen LogP contribution in [0.2, 0.25) is 0 Å². The summed E-state index contributed by atoms with van der Waals surface area (Å²) in [5.74, 6) is -0.498. The number of ether oxygens (including phenoxy) is 1. The summed E-state index contributed by atoms with van der Waals surface area (Å²) in [4.78, 5) is 38.1. The van der Waals surface area contributed by atoms with Crippen molar-refractivity contribution in [2.45, 2.75) is 64.9 Å². The SMILES string of the molecule is C[C@H](NC(=O)OC(C)(C)C)C(=O)N1[C@H](C(=O)NCc2ccccc2)[C@@H]1C. The molecule has 0 bridgehead atoms. The van der Waals surface area contributed by atoms with Crippen molar-refractivity contribution in [2.24, 2.45) is 0 Å². The lowest BCUT2D eigenvalue weighted by Gasteiger charge is -2.21. The van der Waals surface area contributed by atoms with E-state index in [0.29, 0.717) is 6.54 Å². The predicted octanol–water partition coefficient (Wildman–Crippen LogP) is 1.82. The van der Waals surface area contributed by atoms with Crippen LogP contribution in [0.15, 0.2) is 30.3 Å². The summed E-state index contributed by atoms with van der Waals surface area (Å²) in [5, 5.41) is 5.35. The second kappa shape index (κ2) is 7.76. The Hall–Kier alpha value is -2.57. The maximum absolute atomic E-state index is 12.5. The van der Waals surface area contributed by atoms with E-state index in [9.17, 15) is 14.4 Å². The van der Waals surface area contributed by atoms with Crippen molar-refractivity contribution in [1.29, 1.82) is 0 Å². The van der Waals surface area contributed by atoms with Gasteiger partial charge in [0.1, 0.15) is 17.7 Å². The number of hydrogen-bond donors (Lipinski definition) is 2. The molecule has 26 heavy (non-hydrogen) atoms. The highest BCUT2D eigenvalue weighted by molar-refractivity contribution is 5.96. The first-order chi connectivity index (χ1) is 12.1. The fourth-order valence-electron chi connectivity index (χ4n) is 2.69. The molecule has 7 nitrogen and oxygen atoms in total. The number of amides is 3. The number of benzene rings is 1. The van der Waals surface area contributed by atoms with Crippen molar-refractivity contribution in [1.82, 2.24) is 15.5 Å². The average Bonchev–Trinajstić information content (AvgIpc) is 3.22. The summed E-state index contributed by atoms with van der Waals surface area (Å²) in [5.41, 5.74) is 0.354. The second-order valence-corrected chi connectivity index (χ2v) is 7.50. The van der Waals surface area contributed by atoms with Gasteiger partial charge in [0.25, 0.3) is 0 Å². The molecule has 1 aromatic carbocycles. The first kappa shape index (κ1) is 19.8. The van der Waals surface area contributed by atoms with Gasteiger partial charge in [0.15, 0.2) is 0 Å². The van der Waals surface area contributed by atoms with Gasteiger partial charge in [-0.3, -0.25) is 9.59 Å². The minimum Gasteiger partial charge on any atom is -0.444 e. The van der Waals surface area contributed by atoms with Crippen molar-refractivity contribution in [3.8, 4) is 0 Å². The van der Waals surface area contributed by atoms with Crippen LogP contribution in [0, 0.1) is 0 Å². The van der Waals surface area contributed by atoms with E-state index < -0.39 is 23.8 Å². The molecule has 142 valence electrons. The molecule has 1 saturated heterocycles. The zero-order valence-electron chi connectivity index (χ0n) is 15.9. The smallest absolute Gasteiger partial charge is 0.408 e. The molecule has 0 aliphatic carbocycles. The van der Waals surface area contributed by atoms with E-state index in [1.54, 1.807) is 27.7 Å². The van der Waals surface area contributed by atoms with Crippen molar-refractivity contribution in [2.75, 3.05) is 0 Å². The number of alkyl carbamates (subject to hydrolysis) is 1. The third-order valence-corrected chi connectivity index (χ3v) is 4.04. The third kappa shape index (κ3) is 5.21. The first-order valence-electron chi connectivity index (χ1n) is 8.73. The zero-order chi connectivity index (χ0) is 19.5. The van der Waals surface area contributed by atoms with Crippen LogP contribution in [0.5, 0.6) is 0 Å². The Bertz CT molecular complexity index is 669. The molecule has 0 aromatic heterocycles. The molecule has 7 heteroatoms. The molecule has 3 atom stereocenters. The van der Waals surface area contributed by atoms with Crippen LogP contribution < -0.4 is 10.6 Å². The molecular formula is C19H27N3O4. The Kier molecular flexibility index (Phi) is 5.90. The molecule has 0 spiro atoms. The molecule has 0 radical (unpaired) electrons. The average molecular weight is 361 g/mol. The van der Waals surface area contributed by atoms with Gasteiger partial charge in [-0.2, -0.15) is 0 Å². The highest BCUT2D eigenvalue weighted by Crippen LogP contribution is 2.29. The predicted molar refractivity (Wildman–Crippen MR) is 97.2 cm³/mol. The highest BCUT2D eigenvalue weighted by Gasteiger charge is 2.53. The molecule has 2 rings (SSSR count). The Labute approximate surface area is 154 Å². The van der Waals surface area contributed by atoms with E-state index in [-0.39, 0.29) is 17.9 Å². The lowest BCUT2D eigenvalue weighted by Crippen LogP contribution is -2.45. The van der Waals surface area contributed by atoms with Gasteiger partial charge in [0.2, 0.25) is 11.8 Å². The van der Waals surface area contributed by atoms with Gasteiger partial charge in [-0.15, -0.1) is 0 Å². The van der Waals surface area contributed by atoms with Gasteiger partial charge in [0, 0.05) is 6.54 Å². The van der Waals surface area contributed by atoms with Crippen molar-refractivity contribution in [3.63, 3.8) is 0 Å². The number of carbonyl (C=O) groups is 3. The number of hydrogen-bond acceptors (Lipinski definition) is 4. The molecule has 0 unspecified atom stereocenters. The largest absolute Gasteiger partial charge is 0.444 e. The summed E-state index contributed by atoms with van der Waals surface area (Å²) >= 11 is 0. The summed E-state index contributed by atoms with van der Waals surface area (Å²) in [6, 6.07) is 8.10. The second-order valence-electron chi connectivity index (χ2n) is 7.50. The number of nitrogens with one attached hydrogen (secondary N) is 2. The van der Waals surface area contributed by atoms with Crippen LogP contribution in [-0.2, 0) is 20.9 Å². The van der Waals surface area contributed by atoms with Crippen LogP contribution in [0.3, 0.4) is 0 Å². The molecule has 1 heterocycles. The Balaban J connectivity index is 1.84. The fourth-order valence-corrected chi connectivity index (χ4v) is 2.69. The Morgan fingerprint density at radius 3 is 2.38 bits per heavy atom. The normalized spacial score (nSPS) is 20.1. The molecule has 1 aliphatic rings. The first-order valence-corrected chi connectivity index (χ1v) is 8.73. The molecule has 1 fully saturated rings. The molecule has 0 saturated carbocycles. The van der Waals surface area contributed by atoms with Crippen molar-refractivity contribution in [3.05, 3.63) is 35.9 Å². The number of nitrogens with zero attached hydrogens (tertiary/aromatic N) is 1. The van der Waals surface area contributed by atoms with Gasteiger partial charge in [-0.1, -0.05) is 30.3 Å². The van der Waals surface area contributed by atoms with Crippen LogP contribution in [0.25, 0.3) is 0 Å². The van der Waals surface area contributed by atoms with Gasteiger partial charge < -0.3 is 20.3 Å². The summed E-state index contributed by atoms with van der Waals surface area (Å²) in [7, 11) is 0. The lowest BCUT2D eigenvalue weighted by molar-refractivity contribution is -0.131. The van der Waals surface area contributed by atoms with Crippen LogP contribution in [-0.4, -0.2) is 46.5 Å². The summed E-state index contributed by atoms with van der Waals surface area (Å²) < 4.78 is 5.15. The third-order valence-electron chi connectivity index (χ3n) is 4.04. The molecule has 2 N–H and O–H groups in total. The number of carbonyl (C=O) groups excluding carboxylic acids is 3. The van der Waals surface area contributed by atoms with Gasteiger partial charge >= 0.3 is 6.09 Å². The van der Waals surface area contributed by atoms with Gasteiger partial charge in [0.05, 0.1) is 6.04 Å². The van der Waals surface area contributed by atoms with E-state index >= 15 is 0 Å². The zero-order valence-corrected chi connectivity index (χ0v) is 15.9. The van der Waals surface area contributed by atoms with E-state index in [1.807, 2.05) is 37.3 Å². The van der Waals surface area contributed by atoms with E-state index in [4.69, 9.17) is 4.74 Å². The maximum Gasteiger partial charge on any atom is 0.408 e. The standard InChI is InChI=1S/C19H27N3O4/c1-12(21-18(25)26-19(3,4)5)17(24)22-13(2)15(22)16(23)20-11-14-9-7-6-8-10-14/h6-10,12-13,15H,11H2,1-5H3,(H,20,23)(H,21,25)/t12-,13-,15-,22?/m0/s1. The summed E-state index contributed by atoms with van der Waals surface area (Å²) in [6.07, 6.45) is -0.655. The van der Waals surface area contributed by atoms with Gasteiger partial charge in [-0.25, -0.2) is 4.79 Å². The topological polar surface area (TPSA) is 87.5 Å². The Morgan fingerprint density at radius 2 is 1.81 bits per heavy atom. The van der Waals surface area contributed by atoms with Crippen molar-refractivity contribution >= 4 is 17.9 Å². The monoisotopic (exact) mass is 361 g/mol. The van der Waals surface area contributed by atoms with E-state index in [1.165, 1.54) is 4.90 Å². The number of rotatable bonds is 5. The molecular weight excluding hydrogens is 334 g/mol. The van der Waals surface area contributed by atoms with Crippen LogP contribution in [0.4, 0.5) is 4.79 Å². The fraction of sp³-hybridized carbons (Fsp3) is 0.526. The molecule has 3 amide bonds. The van der Waals surface area contributed by atoms with E-state index in [0.717, 1.165) is 5.56 Å². The van der Waals surface area contributed by atoms with Gasteiger partial charge in [-0.05, 0) is 40.2 Å². The minimum atomic E-state index is -0.765. The molecule has 1 aliphatic heterocycles. The molecule has 1 aromatic rings. The Morgan fingerprint density at radius 1 is 1.19 bits per heavy atom. The van der Waals surface area contributed by atoms with Crippen LogP contribution >= 0.6 is 0 Å². The van der Waals surface area contributed by atoms with Crippen LogP contribution in [0.1, 0.15) is 40.2 Å². The highest BCUT2D eigenvalue weighted by atomic mass is 16.6. The quantitative estimate of drug-likeness (QED) is 0.783. The van der Waals surface area contributed by atoms with E-state index in [2.05, 4.69) is 10.6 Å².